The van der Waals surface area contributed by atoms with Gasteiger partial charge in [-0.25, -0.2) is 0 Å². The standard InChI is InChI=1S/C20H16Cl2N2O2/c1-26-17-11-3-2-6-12(17)15-9-5-10-16(24-15)19(20(23)25)18-13(21)7-4-8-14(18)22/h2-11,19H,1H3,(H2,23,25). The molecule has 2 aromatic carbocycles. The van der Waals surface area contributed by atoms with Crippen LogP contribution in [0.1, 0.15) is 17.2 Å². The maximum Gasteiger partial charge on any atom is 0.231 e. The van der Waals surface area contributed by atoms with Gasteiger partial charge in [0, 0.05) is 21.2 Å². The number of hydrogen-bond donors (Lipinski definition) is 1. The van der Waals surface area contributed by atoms with Crippen molar-refractivity contribution >= 4 is 29.1 Å². The third kappa shape index (κ3) is 3.52. The van der Waals surface area contributed by atoms with Gasteiger partial charge in [-0.05, 0) is 36.4 Å². The number of amides is 1. The van der Waals surface area contributed by atoms with Crippen molar-refractivity contribution in [1.82, 2.24) is 4.98 Å². The number of benzene rings is 2. The third-order valence-electron chi connectivity index (χ3n) is 4.02. The molecule has 2 N–H and O–H groups in total. The van der Waals surface area contributed by atoms with Crippen LogP contribution in [0.5, 0.6) is 5.75 Å². The molecule has 0 fully saturated rings. The van der Waals surface area contributed by atoms with Crippen LogP contribution < -0.4 is 10.5 Å². The quantitative estimate of drug-likeness (QED) is 0.691. The maximum atomic E-state index is 12.2. The number of carbonyl (C=O) groups is 1. The van der Waals surface area contributed by atoms with Crippen LogP contribution in [-0.4, -0.2) is 18.0 Å². The highest BCUT2D eigenvalue weighted by Crippen LogP contribution is 2.36. The Kier molecular flexibility index (Phi) is 5.45. The first-order valence-electron chi connectivity index (χ1n) is 7.86. The zero-order valence-corrected chi connectivity index (χ0v) is 15.5. The van der Waals surface area contributed by atoms with Gasteiger partial charge >= 0.3 is 0 Å². The highest BCUT2D eigenvalue weighted by atomic mass is 35.5. The molecule has 0 saturated heterocycles. The molecular formula is C20H16Cl2N2O2. The second-order valence-corrected chi connectivity index (χ2v) is 6.43. The first kappa shape index (κ1) is 18.2. The zero-order valence-electron chi connectivity index (χ0n) is 13.9. The fourth-order valence-corrected chi connectivity index (χ4v) is 3.46. The lowest BCUT2D eigenvalue weighted by atomic mass is 9.93. The second-order valence-electron chi connectivity index (χ2n) is 5.62. The monoisotopic (exact) mass is 386 g/mol. The van der Waals surface area contributed by atoms with E-state index in [1.165, 1.54) is 0 Å². The summed E-state index contributed by atoms with van der Waals surface area (Å²) in [5.74, 6) is -0.751. The molecule has 0 saturated carbocycles. The van der Waals surface area contributed by atoms with Gasteiger partial charge in [0.05, 0.1) is 18.5 Å². The normalized spacial score (nSPS) is 11.8. The fraction of sp³-hybridized carbons (Fsp3) is 0.100. The number of aromatic nitrogens is 1. The smallest absolute Gasteiger partial charge is 0.231 e. The number of para-hydroxylation sites is 1. The van der Waals surface area contributed by atoms with E-state index in [1.807, 2.05) is 36.4 Å². The van der Waals surface area contributed by atoms with Gasteiger partial charge in [0.2, 0.25) is 5.91 Å². The first-order chi connectivity index (χ1) is 12.5. The summed E-state index contributed by atoms with van der Waals surface area (Å²) in [7, 11) is 1.60. The molecule has 1 unspecified atom stereocenters. The lowest BCUT2D eigenvalue weighted by Gasteiger charge is -2.17. The Bertz CT molecular complexity index is 940. The van der Waals surface area contributed by atoms with Crippen molar-refractivity contribution in [2.45, 2.75) is 5.92 Å². The minimum atomic E-state index is -0.856. The first-order valence-corrected chi connectivity index (χ1v) is 8.62. The topological polar surface area (TPSA) is 65.2 Å². The summed E-state index contributed by atoms with van der Waals surface area (Å²) in [6, 6.07) is 17.9. The number of primary amides is 1. The number of methoxy groups -OCH3 is 1. The predicted octanol–water partition coefficient (Wildman–Crippen LogP) is 4.68. The van der Waals surface area contributed by atoms with Gasteiger partial charge in [0.25, 0.3) is 0 Å². The van der Waals surface area contributed by atoms with E-state index in [1.54, 1.807) is 31.4 Å². The molecule has 6 heteroatoms. The summed E-state index contributed by atoms with van der Waals surface area (Å²) in [5.41, 5.74) is 8.05. The molecule has 0 radical (unpaired) electrons. The average molecular weight is 387 g/mol. The van der Waals surface area contributed by atoms with Crippen LogP contribution in [0, 0.1) is 0 Å². The van der Waals surface area contributed by atoms with E-state index in [2.05, 4.69) is 4.98 Å². The predicted molar refractivity (Wildman–Crippen MR) is 104 cm³/mol. The third-order valence-corrected chi connectivity index (χ3v) is 4.68. The van der Waals surface area contributed by atoms with Crippen molar-refractivity contribution in [2.24, 2.45) is 5.73 Å². The number of halogens is 2. The molecule has 0 aliphatic rings. The van der Waals surface area contributed by atoms with E-state index in [4.69, 9.17) is 33.7 Å². The molecule has 1 atom stereocenters. The number of ether oxygens (including phenoxy) is 1. The van der Waals surface area contributed by atoms with Gasteiger partial charge < -0.3 is 10.5 Å². The van der Waals surface area contributed by atoms with E-state index in [0.717, 1.165) is 5.56 Å². The van der Waals surface area contributed by atoms with Crippen LogP contribution in [0.3, 0.4) is 0 Å². The van der Waals surface area contributed by atoms with Crippen molar-refractivity contribution in [2.75, 3.05) is 7.11 Å². The number of rotatable bonds is 5. The minimum Gasteiger partial charge on any atom is -0.496 e. The van der Waals surface area contributed by atoms with Gasteiger partial charge in [0.15, 0.2) is 0 Å². The average Bonchev–Trinajstić information content (AvgIpc) is 2.64. The van der Waals surface area contributed by atoms with Crippen LogP contribution in [0.2, 0.25) is 10.0 Å². The van der Waals surface area contributed by atoms with E-state index >= 15 is 0 Å². The van der Waals surface area contributed by atoms with E-state index in [0.29, 0.717) is 32.7 Å². The van der Waals surface area contributed by atoms with E-state index < -0.39 is 11.8 Å². The molecule has 1 aromatic heterocycles. The molecule has 3 rings (SSSR count). The molecule has 0 spiro atoms. The van der Waals surface area contributed by atoms with Crippen LogP contribution in [0.25, 0.3) is 11.3 Å². The Morgan fingerprint density at radius 1 is 1.00 bits per heavy atom. The molecule has 0 aliphatic carbocycles. The summed E-state index contributed by atoms with van der Waals surface area (Å²) in [6.07, 6.45) is 0. The molecule has 4 nitrogen and oxygen atoms in total. The Balaban J connectivity index is 2.15. The highest BCUT2D eigenvalue weighted by Gasteiger charge is 2.27. The molecule has 0 bridgehead atoms. The lowest BCUT2D eigenvalue weighted by Crippen LogP contribution is -2.24. The second kappa shape index (κ2) is 7.77. The largest absolute Gasteiger partial charge is 0.496 e. The van der Waals surface area contributed by atoms with Crippen LogP contribution in [0.15, 0.2) is 60.7 Å². The molecule has 1 amide bonds. The number of pyridine rings is 1. The zero-order chi connectivity index (χ0) is 18.7. The van der Waals surface area contributed by atoms with Gasteiger partial charge in [-0.2, -0.15) is 0 Å². The van der Waals surface area contributed by atoms with Crippen molar-refractivity contribution < 1.29 is 9.53 Å². The SMILES string of the molecule is COc1ccccc1-c1cccc(C(C(N)=O)c2c(Cl)cccc2Cl)n1. The summed E-state index contributed by atoms with van der Waals surface area (Å²) < 4.78 is 5.40. The van der Waals surface area contributed by atoms with Gasteiger partial charge in [-0.1, -0.05) is 47.5 Å². The Labute approximate surface area is 161 Å². The minimum absolute atomic E-state index is 0.366. The molecular weight excluding hydrogens is 371 g/mol. The fourth-order valence-electron chi connectivity index (χ4n) is 2.84. The van der Waals surface area contributed by atoms with Crippen LogP contribution in [0.4, 0.5) is 0 Å². The van der Waals surface area contributed by atoms with Crippen LogP contribution in [-0.2, 0) is 4.79 Å². The maximum absolute atomic E-state index is 12.2. The van der Waals surface area contributed by atoms with Crippen molar-refractivity contribution in [3.05, 3.63) is 82.0 Å². The van der Waals surface area contributed by atoms with Crippen LogP contribution >= 0.6 is 23.2 Å². The Morgan fingerprint density at radius 2 is 1.65 bits per heavy atom. The van der Waals surface area contributed by atoms with E-state index in [9.17, 15) is 4.79 Å². The lowest BCUT2D eigenvalue weighted by molar-refractivity contribution is -0.118. The number of nitrogens with two attached hydrogens (primary N) is 1. The summed E-state index contributed by atoms with van der Waals surface area (Å²) in [4.78, 5) is 16.8. The molecule has 26 heavy (non-hydrogen) atoms. The highest BCUT2D eigenvalue weighted by molar-refractivity contribution is 6.36. The van der Waals surface area contributed by atoms with Crippen molar-refractivity contribution in [3.8, 4) is 17.0 Å². The molecule has 0 aliphatic heterocycles. The van der Waals surface area contributed by atoms with E-state index in [-0.39, 0.29) is 0 Å². The number of nitrogens with zero attached hydrogens (tertiary/aromatic N) is 1. The summed E-state index contributed by atoms with van der Waals surface area (Å²) in [6.45, 7) is 0. The summed E-state index contributed by atoms with van der Waals surface area (Å²) >= 11 is 12.6. The van der Waals surface area contributed by atoms with Gasteiger partial charge in [-0.3, -0.25) is 9.78 Å². The number of hydrogen-bond acceptors (Lipinski definition) is 3. The molecule has 3 aromatic rings. The molecule has 1 heterocycles. The number of carbonyl (C=O) groups excluding carboxylic acids is 1. The van der Waals surface area contributed by atoms with Crippen molar-refractivity contribution in [3.63, 3.8) is 0 Å². The Hall–Kier alpha value is -2.56. The van der Waals surface area contributed by atoms with Crippen molar-refractivity contribution in [1.29, 1.82) is 0 Å². The van der Waals surface area contributed by atoms with Gasteiger partial charge in [-0.15, -0.1) is 0 Å². The van der Waals surface area contributed by atoms with Gasteiger partial charge in [0.1, 0.15) is 11.7 Å². The Morgan fingerprint density at radius 3 is 2.31 bits per heavy atom. The molecule has 132 valence electrons. The summed E-state index contributed by atoms with van der Waals surface area (Å²) in [5, 5.41) is 0.733.